The van der Waals surface area contributed by atoms with Gasteiger partial charge in [0.15, 0.2) is 0 Å². The molecule has 0 saturated heterocycles. The number of nitrogens with zero attached hydrogens (tertiary/aromatic N) is 1. The zero-order valence-electron chi connectivity index (χ0n) is 7.71. The number of carboxylic acid groups (broad SMARTS) is 1. The van der Waals surface area contributed by atoms with Gasteiger partial charge in [0.05, 0.1) is 12.1 Å². The molecular formula is C9H12N2O3. The molecular weight excluding hydrogens is 184 g/mol. The van der Waals surface area contributed by atoms with Crippen LogP contribution in [-0.4, -0.2) is 27.3 Å². The lowest BCUT2D eigenvalue weighted by Crippen LogP contribution is -2.23. The fourth-order valence-corrected chi connectivity index (χ4v) is 1.05. The van der Waals surface area contributed by atoms with Crippen LogP contribution in [0, 0.1) is 0 Å². The van der Waals surface area contributed by atoms with Crippen molar-refractivity contribution in [2.24, 2.45) is 5.73 Å². The summed E-state index contributed by atoms with van der Waals surface area (Å²) in [6.07, 6.45) is 0.639. The first-order chi connectivity index (χ1) is 6.52. The van der Waals surface area contributed by atoms with Gasteiger partial charge in [-0.25, -0.2) is 9.78 Å². The van der Waals surface area contributed by atoms with Gasteiger partial charge in [0.2, 0.25) is 0 Å². The molecule has 0 aromatic carbocycles. The lowest BCUT2D eigenvalue weighted by atomic mass is 10.0. The van der Waals surface area contributed by atoms with Crippen molar-refractivity contribution in [2.75, 3.05) is 0 Å². The number of aromatic nitrogens is 1. The number of carbonyl (C=O) groups is 1. The highest BCUT2D eigenvalue weighted by Gasteiger charge is 2.14. The van der Waals surface area contributed by atoms with Crippen molar-refractivity contribution in [1.29, 1.82) is 0 Å². The van der Waals surface area contributed by atoms with Gasteiger partial charge in [-0.3, -0.25) is 0 Å². The SMILES string of the molecule is C[C@@H](O)[C@H](N)c1ccnc(C(=O)O)c1. The summed E-state index contributed by atoms with van der Waals surface area (Å²) < 4.78 is 0. The van der Waals surface area contributed by atoms with Gasteiger partial charge in [0.25, 0.3) is 0 Å². The third-order valence-electron chi connectivity index (χ3n) is 1.91. The molecule has 0 saturated carbocycles. The van der Waals surface area contributed by atoms with Crippen LogP contribution in [0.3, 0.4) is 0 Å². The quantitative estimate of drug-likeness (QED) is 0.639. The largest absolute Gasteiger partial charge is 0.477 e. The molecule has 0 aliphatic rings. The average molecular weight is 196 g/mol. The van der Waals surface area contributed by atoms with Crippen LogP contribution in [0.15, 0.2) is 18.3 Å². The van der Waals surface area contributed by atoms with E-state index in [1.807, 2.05) is 0 Å². The number of aliphatic hydroxyl groups is 1. The van der Waals surface area contributed by atoms with Gasteiger partial charge in [-0.1, -0.05) is 0 Å². The summed E-state index contributed by atoms with van der Waals surface area (Å²) in [6, 6.07) is 2.36. The van der Waals surface area contributed by atoms with Gasteiger partial charge in [-0.05, 0) is 24.6 Å². The maximum atomic E-state index is 10.6. The lowest BCUT2D eigenvalue weighted by Gasteiger charge is -2.14. The number of pyridine rings is 1. The minimum atomic E-state index is -1.11. The van der Waals surface area contributed by atoms with Gasteiger partial charge >= 0.3 is 5.97 Å². The first-order valence-electron chi connectivity index (χ1n) is 4.15. The smallest absolute Gasteiger partial charge is 0.354 e. The summed E-state index contributed by atoms with van der Waals surface area (Å²) in [5.74, 6) is -1.11. The Labute approximate surface area is 81.2 Å². The second-order valence-electron chi connectivity index (χ2n) is 3.05. The molecule has 1 rings (SSSR count). The van der Waals surface area contributed by atoms with Crippen molar-refractivity contribution >= 4 is 5.97 Å². The van der Waals surface area contributed by atoms with E-state index in [9.17, 15) is 9.90 Å². The van der Waals surface area contributed by atoms with Crippen LogP contribution in [0.1, 0.15) is 29.0 Å². The third kappa shape index (κ3) is 2.27. The van der Waals surface area contributed by atoms with Gasteiger partial charge in [-0.15, -0.1) is 0 Å². The zero-order valence-corrected chi connectivity index (χ0v) is 7.71. The predicted molar refractivity (Wildman–Crippen MR) is 49.8 cm³/mol. The number of hydrogen-bond acceptors (Lipinski definition) is 4. The Morgan fingerprint density at radius 2 is 2.29 bits per heavy atom. The second kappa shape index (κ2) is 4.17. The van der Waals surface area contributed by atoms with Crippen LogP contribution >= 0.6 is 0 Å². The van der Waals surface area contributed by atoms with Crippen molar-refractivity contribution in [3.8, 4) is 0 Å². The van der Waals surface area contributed by atoms with E-state index in [0.717, 1.165) is 0 Å². The predicted octanol–water partition coefficient (Wildman–Crippen LogP) is 0.160. The van der Waals surface area contributed by atoms with Crippen LogP contribution < -0.4 is 5.73 Å². The fourth-order valence-electron chi connectivity index (χ4n) is 1.05. The standard InChI is InChI=1S/C9H12N2O3/c1-5(12)8(10)6-2-3-11-7(4-6)9(13)14/h2-5,8,12H,10H2,1H3,(H,13,14)/t5-,8+/m1/s1. The molecule has 14 heavy (non-hydrogen) atoms. The van der Waals surface area contributed by atoms with Crippen molar-refractivity contribution in [3.63, 3.8) is 0 Å². The monoisotopic (exact) mass is 196 g/mol. The van der Waals surface area contributed by atoms with Crippen molar-refractivity contribution in [1.82, 2.24) is 4.98 Å². The van der Waals surface area contributed by atoms with Crippen LogP contribution in [0.2, 0.25) is 0 Å². The van der Waals surface area contributed by atoms with E-state index < -0.39 is 18.1 Å². The van der Waals surface area contributed by atoms with E-state index in [1.165, 1.54) is 12.3 Å². The minimum absolute atomic E-state index is 0.0707. The van der Waals surface area contributed by atoms with Crippen molar-refractivity contribution in [3.05, 3.63) is 29.6 Å². The summed E-state index contributed by atoms with van der Waals surface area (Å²) in [5, 5.41) is 17.9. The van der Waals surface area contributed by atoms with Crippen LogP contribution in [-0.2, 0) is 0 Å². The molecule has 0 unspecified atom stereocenters. The number of aliphatic hydroxyl groups excluding tert-OH is 1. The highest BCUT2D eigenvalue weighted by Crippen LogP contribution is 2.14. The maximum Gasteiger partial charge on any atom is 0.354 e. The Morgan fingerprint density at radius 1 is 1.64 bits per heavy atom. The number of nitrogens with two attached hydrogens (primary N) is 1. The van der Waals surface area contributed by atoms with Crippen LogP contribution in [0.5, 0.6) is 0 Å². The number of rotatable bonds is 3. The maximum absolute atomic E-state index is 10.6. The first kappa shape index (κ1) is 10.6. The van der Waals surface area contributed by atoms with Gasteiger partial charge in [0.1, 0.15) is 5.69 Å². The summed E-state index contributed by atoms with van der Waals surface area (Å²) in [4.78, 5) is 14.2. The number of hydrogen-bond donors (Lipinski definition) is 3. The van der Waals surface area contributed by atoms with E-state index in [1.54, 1.807) is 13.0 Å². The van der Waals surface area contributed by atoms with Crippen molar-refractivity contribution in [2.45, 2.75) is 19.1 Å². The summed E-state index contributed by atoms with van der Waals surface area (Å²) in [6.45, 7) is 1.55. The molecule has 1 aromatic rings. The summed E-state index contributed by atoms with van der Waals surface area (Å²) in [5.41, 5.74) is 6.13. The van der Waals surface area contributed by atoms with E-state index in [4.69, 9.17) is 10.8 Å². The lowest BCUT2D eigenvalue weighted by molar-refractivity contribution is 0.0690. The Morgan fingerprint density at radius 3 is 2.79 bits per heavy atom. The zero-order chi connectivity index (χ0) is 10.7. The highest BCUT2D eigenvalue weighted by atomic mass is 16.4. The fraction of sp³-hybridized carbons (Fsp3) is 0.333. The molecule has 1 aromatic heterocycles. The third-order valence-corrected chi connectivity index (χ3v) is 1.91. The van der Waals surface area contributed by atoms with Crippen LogP contribution in [0.25, 0.3) is 0 Å². The average Bonchev–Trinajstić information content (AvgIpc) is 2.16. The van der Waals surface area contributed by atoms with Crippen molar-refractivity contribution < 1.29 is 15.0 Å². The molecule has 4 N–H and O–H groups in total. The Bertz CT molecular complexity index is 339. The van der Waals surface area contributed by atoms with Gasteiger partial charge < -0.3 is 15.9 Å². The number of carboxylic acids is 1. The van der Waals surface area contributed by atoms with E-state index in [2.05, 4.69) is 4.98 Å². The van der Waals surface area contributed by atoms with Gasteiger partial charge in [-0.2, -0.15) is 0 Å². The molecule has 0 spiro atoms. The van der Waals surface area contributed by atoms with Gasteiger partial charge in [0, 0.05) is 6.20 Å². The normalized spacial score (nSPS) is 14.8. The molecule has 0 aliphatic heterocycles. The van der Waals surface area contributed by atoms with E-state index in [0.29, 0.717) is 5.56 Å². The minimum Gasteiger partial charge on any atom is -0.477 e. The summed E-state index contributed by atoms with van der Waals surface area (Å²) in [7, 11) is 0. The Kier molecular flexibility index (Phi) is 3.16. The molecule has 1 heterocycles. The summed E-state index contributed by atoms with van der Waals surface area (Å²) >= 11 is 0. The Hall–Kier alpha value is -1.46. The second-order valence-corrected chi connectivity index (χ2v) is 3.05. The molecule has 5 nitrogen and oxygen atoms in total. The Balaban J connectivity index is 2.99. The molecule has 2 atom stereocenters. The first-order valence-corrected chi connectivity index (χ1v) is 4.15. The van der Waals surface area contributed by atoms with E-state index in [-0.39, 0.29) is 5.69 Å². The molecule has 0 fully saturated rings. The molecule has 5 heteroatoms. The molecule has 0 bridgehead atoms. The molecule has 0 aliphatic carbocycles. The number of aromatic carboxylic acids is 1. The molecule has 0 amide bonds. The topological polar surface area (TPSA) is 96.4 Å². The van der Waals surface area contributed by atoms with Crippen LogP contribution in [0.4, 0.5) is 0 Å². The molecule has 76 valence electrons. The molecule has 0 radical (unpaired) electrons. The van der Waals surface area contributed by atoms with E-state index >= 15 is 0 Å². The highest BCUT2D eigenvalue weighted by molar-refractivity contribution is 5.85.